The van der Waals surface area contributed by atoms with E-state index in [2.05, 4.69) is 11.2 Å². The fourth-order valence-corrected chi connectivity index (χ4v) is 3.55. The molecule has 0 aromatic carbocycles. The summed E-state index contributed by atoms with van der Waals surface area (Å²) >= 11 is 0. The Labute approximate surface area is 122 Å². The maximum Gasteiger partial charge on any atom is 0.290 e. The summed E-state index contributed by atoms with van der Waals surface area (Å²) in [5.74, 6) is 0.442. The zero-order valence-corrected chi connectivity index (χ0v) is 11.9. The Hall–Kier alpha value is -2.30. The minimum Gasteiger partial charge on any atom is -0.459 e. The van der Waals surface area contributed by atoms with Gasteiger partial charge in [-0.1, -0.05) is 6.08 Å². The van der Waals surface area contributed by atoms with Gasteiger partial charge in [0.15, 0.2) is 5.76 Å². The zero-order valence-electron chi connectivity index (χ0n) is 11.9. The first-order valence-corrected chi connectivity index (χ1v) is 7.29. The van der Waals surface area contributed by atoms with E-state index in [9.17, 15) is 4.79 Å². The lowest BCUT2D eigenvalue weighted by molar-refractivity contribution is 0.0659. The van der Waals surface area contributed by atoms with Crippen LogP contribution in [-0.4, -0.2) is 32.7 Å². The number of furan rings is 1. The molecule has 2 aromatic heterocycles. The summed E-state index contributed by atoms with van der Waals surface area (Å²) in [5, 5.41) is 4.24. The Balaban J connectivity index is 1.65. The van der Waals surface area contributed by atoms with Crippen LogP contribution in [0, 0.1) is 0 Å². The minimum atomic E-state index is 0.00723. The summed E-state index contributed by atoms with van der Waals surface area (Å²) in [6, 6.07) is 5.97. The Bertz CT molecular complexity index is 699. The third kappa shape index (κ3) is 1.92. The topological polar surface area (TPSA) is 51.3 Å². The number of hydrogen-bond donors (Lipinski definition) is 0. The van der Waals surface area contributed by atoms with Gasteiger partial charge in [0.2, 0.25) is 0 Å². The molecule has 5 heteroatoms. The first kappa shape index (κ1) is 12.4. The molecule has 1 fully saturated rings. The van der Waals surface area contributed by atoms with Crippen molar-refractivity contribution in [2.45, 2.75) is 31.3 Å². The van der Waals surface area contributed by atoms with Crippen molar-refractivity contribution in [3.8, 4) is 0 Å². The van der Waals surface area contributed by atoms with Crippen LogP contribution in [0.1, 0.15) is 35.5 Å². The minimum absolute atomic E-state index is 0.00723. The molecule has 4 heterocycles. The van der Waals surface area contributed by atoms with Crippen molar-refractivity contribution in [2.24, 2.45) is 7.05 Å². The standard InChI is InChI=1S/C16H17N3O2/c1-18-14(6-7-17-18)11-9-12-4-5-13(10-11)19(12)16(20)15-3-2-8-21-15/h2-3,6-9,12-13H,4-5,10H2,1H3/t12-,13+/m1/s1. The maximum absolute atomic E-state index is 12.6. The van der Waals surface area contributed by atoms with Crippen LogP contribution >= 0.6 is 0 Å². The van der Waals surface area contributed by atoms with E-state index in [1.165, 1.54) is 5.57 Å². The first-order chi connectivity index (χ1) is 10.2. The summed E-state index contributed by atoms with van der Waals surface area (Å²) in [6.45, 7) is 0. The molecule has 2 aliphatic heterocycles. The van der Waals surface area contributed by atoms with E-state index in [0.29, 0.717) is 5.76 Å². The van der Waals surface area contributed by atoms with Gasteiger partial charge < -0.3 is 9.32 Å². The molecule has 1 amide bonds. The van der Waals surface area contributed by atoms with E-state index in [1.54, 1.807) is 18.4 Å². The first-order valence-electron chi connectivity index (χ1n) is 7.29. The molecule has 108 valence electrons. The number of carbonyl (C=O) groups is 1. The SMILES string of the molecule is Cn1nccc1C1=C[C@H]2CC[C@@H](C1)N2C(=O)c1ccco1. The fraction of sp³-hybridized carbons (Fsp3) is 0.375. The van der Waals surface area contributed by atoms with Gasteiger partial charge in [-0.3, -0.25) is 9.48 Å². The Morgan fingerprint density at radius 2 is 2.29 bits per heavy atom. The Morgan fingerprint density at radius 1 is 1.38 bits per heavy atom. The monoisotopic (exact) mass is 283 g/mol. The molecule has 2 atom stereocenters. The molecule has 2 aliphatic rings. The Kier molecular flexibility index (Phi) is 2.74. The van der Waals surface area contributed by atoms with Gasteiger partial charge in [-0.25, -0.2) is 0 Å². The van der Waals surface area contributed by atoms with Crippen LogP contribution in [0.15, 0.2) is 41.2 Å². The highest BCUT2D eigenvalue weighted by molar-refractivity contribution is 5.93. The van der Waals surface area contributed by atoms with Gasteiger partial charge >= 0.3 is 0 Å². The predicted octanol–water partition coefficient (Wildman–Crippen LogP) is 2.47. The number of aromatic nitrogens is 2. The van der Waals surface area contributed by atoms with Crippen LogP contribution in [0.4, 0.5) is 0 Å². The largest absolute Gasteiger partial charge is 0.459 e. The van der Waals surface area contributed by atoms with Crippen molar-refractivity contribution in [3.63, 3.8) is 0 Å². The van der Waals surface area contributed by atoms with Gasteiger partial charge in [0.25, 0.3) is 5.91 Å². The van der Waals surface area contributed by atoms with Crippen LogP contribution in [-0.2, 0) is 7.05 Å². The van der Waals surface area contributed by atoms with Gasteiger partial charge in [-0.2, -0.15) is 5.10 Å². The summed E-state index contributed by atoms with van der Waals surface area (Å²) < 4.78 is 7.16. The third-order valence-electron chi connectivity index (χ3n) is 4.51. The van der Waals surface area contributed by atoms with Crippen molar-refractivity contribution in [1.29, 1.82) is 0 Å². The number of nitrogens with zero attached hydrogens (tertiary/aromatic N) is 3. The number of amides is 1. The molecule has 2 aromatic rings. The fourth-order valence-electron chi connectivity index (χ4n) is 3.55. The second kappa shape index (κ2) is 4.62. The van der Waals surface area contributed by atoms with Crippen LogP contribution in [0.3, 0.4) is 0 Å². The van der Waals surface area contributed by atoms with Crippen LogP contribution in [0.5, 0.6) is 0 Å². The lowest BCUT2D eigenvalue weighted by atomic mass is 9.98. The molecule has 4 rings (SSSR count). The van der Waals surface area contributed by atoms with Crippen molar-refractivity contribution in [2.75, 3.05) is 0 Å². The summed E-state index contributed by atoms with van der Waals surface area (Å²) in [5.41, 5.74) is 2.45. The van der Waals surface area contributed by atoms with E-state index in [-0.39, 0.29) is 18.0 Å². The summed E-state index contributed by atoms with van der Waals surface area (Å²) in [4.78, 5) is 14.6. The molecular formula is C16H17N3O2. The number of hydrogen-bond acceptors (Lipinski definition) is 3. The van der Waals surface area contributed by atoms with E-state index in [0.717, 1.165) is 25.0 Å². The van der Waals surface area contributed by atoms with Gasteiger partial charge in [0, 0.05) is 19.3 Å². The smallest absolute Gasteiger partial charge is 0.290 e. The zero-order chi connectivity index (χ0) is 14.4. The van der Waals surface area contributed by atoms with Crippen LogP contribution < -0.4 is 0 Å². The van der Waals surface area contributed by atoms with Crippen LogP contribution in [0.2, 0.25) is 0 Å². The van der Waals surface area contributed by atoms with Crippen molar-refractivity contribution < 1.29 is 9.21 Å². The van der Waals surface area contributed by atoms with Crippen molar-refractivity contribution in [1.82, 2.24) is 14.7 Å². The molecule has 0 unspecified atom stereocenters. The lowest BCUT2D eigenvalue weighted by Gasteiger charge is -2.33. The van der Waals surface area contributed by atoms with Gasteiger partial charge in [0.1, 0.15) is 0 Å². The van der Waals surface area contributed by atoms with Crippen molar-refractivity contribution in [3.05, 3.63) is 48.2 Å². The molecule has 2 bridgehead atoms. The lowest BCUT2D eigenvalue weighted by Crippen LogP contribution is -2.42. The molecule has 0 radical (unpaired) electrons. The molecule has 0 N–H and O–H groups in total. The number of carbonyl (C=O) groups excluding carboxylic acids is 1. The van der Waals surface area contributed by atoms with Gasteiger partial charge in [-0.15, -0.1) is 0 Å². The number of aryl methyl sites for hydroxylation is 1. The second-order valence-electron chi connectivity index (χ2n) is 5.72. The van der Waals surface area contributed by atoms with Crippen LogP contribution in [0.25, 0.3) is 5.57 Å². The molecule has 0 saturated carbocycles. The summed E-state index contributed by atoms with van der Waals surface area (Å²) in [7, 11) is 1.96. The molecule has 5 nitrogen and oxygen atoms in total. The predicted molar refractivity (Wildman–Crippen MR) is 77.5 cm³/mol. The van der Waals surface area contributed by atoms with E-state index >= 15 is 0 Å². The maximum atomic E-state index is 12.6. The summed E-state index contributed by atoms with van der Waals surface area (Å²) in [6.07, 6.45) is 8.56. The van der Waals surface area contributed by atoms with Gasteiger partial charge in [-0.05, 0) is 43.0 Å². The van der Waals surface area contributed by atoms with E-state index in [1.807, 2.05) is 28.9 Å². The highest BCUT2D eigenvalue weighted by Crippen LogP contribution is 2.39. The average Bonchev–Trinajstić information content (AvgIpc) is 3.19. The number of rotatable bonds is 2. The molecule has 0 aliphatic carbocycles. The van der Waals surface area contributed by atoms with E-state index in [4.69, 9.17) is 4.42 Å². The Morgan fingerprint density at radius 3 is 2.95 bits per heavy atom. The normalized spacial score (nSPS) is 24.2. The quantitative estimate of drug-likeness (QED) is 0.850. The molecular weight excluding hydrogens is 266 g/mol. The molecule has 21 heavy (non-hydrogen) atoms. The molecule has 1 saturated heterocycles. The third-order valence-corrected chi connectivity index (χ3v) is 4.51. The highest BCUT2D eigenvalue weighted by atomic mass is 16.3. The molecule has 0 spiro atoms. The number of fused-ring (bicyclic) bond motifs is 2. The van der Waals surface area contributed by atoms with E-state index < -0.39 is 0 Å². The van der Waals surface area contributed by atoms with Crippen molar-refractivity contribution >= 4 is 11.5 Å². The second-order valence-corrected chi connectivity index (χ2v) is 5.72. The highest BCUT2D eigenvalue weighted by Gasteiger charge is 2.41. The average molecular weight is 283 g/mol. The van der Waals surface area contributed by atoms with Gasteiger partial charge in [0.05, 0.1) is 18.0 Å².